The van der Waals surface area contributed by atoms with Crippen molar-refractivity contribution in [1.29, 1.82) is 0 Å². The van der Waals surface area contributed by atoms with Crippen molar-refractivity contribution in [3.05, 3.63) is 36.4 Å². The van der Waals surface area contributed by atoms with Gasteiger partial charge in [0.25, 0.3) is 0 Å². The van der Waals surface area contributed by atoms with Crippen molar-refractivity contribution in [3.63, 3.8) is 0 Å². The lowest BCUT2D eigenvalue weighted by Gasteiger charge is -2.08. The second-order valence-corrected chi connectivity index (χ2v) is 5.27. The first-order chi connectivity index (χ1) is 11.8. The number of nitrogens with zero attached hydrogens (tertiary/aromatic N) is 4. The van der Waals surface area contributed by atoms with E-state index in [1.165, 1.54) is 24.1 Å². The number of ether oxygens (including phenoxy) is 1. The van der Waals surface area contributed by atoms with Crippen molar-refractivity contribution < 1.29 is 27.8 Å². The third-order valence-electron chi connectivity index (χ3n) is 3.56. The molecule has 0 amide bonds. The fraction of sp³-hybridized carbons (Fsp3) is 0.267. The lowest BCUT2D eigenvalue weighted by molar-refractivity contribution is -0.142. The number of hydrogen-bond acceptors (Lipinski definition) is 5. The Hall–Kier alpha value is -3.04. The average molecular weight is 354 g/mol. The van der Waals surface area contributed by atoms with Crippen molar-refractivity contribution in [2.24, 2.45) is 0 Å². The predicted molar refractivity (Wildman–Crippen MR) is 80.3 cm³/mol. The van der Waals surface area contributed by atoms with Crippen LogP contribution in [0, 0.1) is 0 Å². The van der Waals surface area contributed by atoms with Crippen molar-refractivity contribution in [1.82, 2.24) is 19.3 Å². The number of alkyl halides is 3. The van der Waals surface area contributed by atoms with Crippen LogP contribution >= 0.6 is 0 Å². The topological polar surface area (TPSA) is 82.2 Å². The average Bonchev–Trinajstić information content (AvgIpc) is 3.09. The van der Waals surface area contributed by atoms with Crippen molar-refractivity contribution in [2.75, 3.05) is 7.11 Å². The summed E-state index contributed by atoms with van der Waals surface area (Å²) in [5.74, 6) is -0.817. The van der Waals surface area contributed by atoms with E-state index in [2.05, 4.69) is 14.8 Å². The Bertz CT molecular complexity index is 930. The van der Waals surface area contributed by atoms with Crippen LogP contribution in [0.15, 0.2) is 30.7 Å². The van der Waals surface area contributed by atoms with Gasteiger partial charge in [0, 0.05) is 12.4 Å². The highest BCUT2D eigenvalue weighted by atomic mass is 19.4. The number of rotatable bonds is 4. The van der Waals surface area contributed by atoms with Crippen LogP contribution < -0.4 is 0 Å². The fourth-order valence-corrected chi connectivity index (χ4v) is 2.56. The van der Waals surface area contributed by atoms with Crippen molar-refractivity contribution >= 4 is 16.9 Å². The zero-order valence-corrected chi connectivity index (χ0v) is 13.0. The Morgan fingerprint density at radius 3 is 2.84 bits per heavy atom. The lowest BCUT2D eigenvalue weighted by Crippen LogP contribution is -2.17. The minimum Gasteiger partial charge on any atom is -0.494 e. The molecule has 0 aliphatic carbocycles. The van der Waals surface area contributed by atoms with Crippen LogP contribution in [-0.4, -0.2) is 43.7 Å². The highest BCUT2D eigenvalue weighted by molar-refractivity contribution is 5.91. The maximum Gasteiger partial charge on any atom is 0.408 e. The summed E-state index contributed by atoms with van der Waals surface area (Å²) in [7, 11) is 1.21. The summed E-state index contributed by atoms with van der Waals surface area (Å²) in [6.07, 6.45) is -0.851. The molecule has 10 heteroatoms. The highest BCUT2D eigenvalue weighted by Gasteiger charge is 2.29. The van der Waals surface area contributed by atoms with Gasteiger partial charge in [-0.05, 0) is 12.1 Å². The Labute approximate surface area is 139 Å². The predicted octanol–water partition coefficient (Wildman–Crippen LogP) is 2.21. The van der Waals surface area contributed by atoms with Gasteiger partial charge in [0.1, 0.15) is 6.54 Å². The molecule has 0 atom stereocenters. The number of carbonyl (C=O) groups is 1. The zero-order chi connectivity index (χ0) is 18.2. The quantitative estimate of drug-likeness (QED) is 0.727. The molecule has 0 spiro atoms. The molecule has 0 saturated carbocycles. The van der Waals surface area contributed by atoms with Crippen LogP contribution in [0.2, 0.25) is 0 Å². The number of aromatic nitrogens is 4. The highest BCUT2D eigenvalue weighted by Crippen LogP contribution is 2.33. The second kappa shape index (κ2) is 6.11. The Morgan fingerprint density at radius 1 is 1.40 bits per heavy atom. The Morgan fingerprint density at radius 2 is 2.16 bits per heavy atom. The minimum atomic E-state index is -4.43. The van der Waals surface area contributed by atoms with Crippen LogP contribution in [0.3, 0.4) is 0 Å². The number of halogens is 3. The fourth-order valence-electron chi connectivity index (χ4n) is 2.56. The summed E-state index contributed by atoms with van der Waals surface area (Å²) < 4.78 is 44.1. The molecule has 0 radical (unpaired) electrons. The van der Waals surface area contributed by atoms with Crippen LogP contribution in [0.25, 0.3) is 16.6 Å². The van der Waals surface area contributed by atoms with E-state index >= 15 is 0 Å². The molecule has 3 heterocycles. The monoisotopic (exact) mass is 354 g/mol. The number of esters is 1. The summed E-state index contributed by atoms with van der Waals surface area (Å²) in [5.41, 5.74) is 0.833. The molecule has 3 rings (SSSR count). The summed E-state index contributed by atoms with van der Waals surface area (Å²) >= 11 is 0. The van der Waals surface area contributed by atoms with Gasteiger partial charge in [0.2, 0.25) is 5.88 Å². The van der Waals surface area contributed by atoms with Gasteiger partial charge in [-0.25, -0.2) is 0 Å². The van der Waals surface area contributed by atoms with Gasteiger partial charge in [0.15, 0.2) is 0 Å². The minimum absolute atomic E-state index is 0.179. The van der Waals surface area contributed by atoms with Gasteiger partial charge in [-0.3, -0.25) is 19.0 Å². The summed E-state index contributed by atoms with van der Waals surface area (Å²) in [6.45, 7) is -1.26. The smallest absolute Gasteiger partial charge is 0.408 e. The van der Waals surface area contributed by atoms with Gasteiger partial charge in [-0.1, -0.05) is 0 Å². The van der Waals surface area contributed by atoms with Gasteiger partial charge in [-0.15, -0.1) is 0 Å². The van der Waals surface area contributed by atoms with Gasteiger partial charge >= 0.3 is 12.1 Å². The molecule has 0 unspecified atom stereocenters. The molecule has 1 N–H and O–H groups in total. The Balaban J connectivity index is 2.13. The first-order valence-electron chi connectivity index (χ1n) is 7.14. The molecule has 132 valence electrons. The molecular weight excluding hydrogens is 341 g/mol. The number of carbonyl (C=O) groups excluding carboxylic acids is 1. The van der Waals surface area contributed by atoms with E-state index < -0.39 is 18.7 Å². The molecule has 25 heavy (non-hydrogen) atoms. The number of hydrogen-bond donors (Lipinski definition) is 1. The number of aromatic hydroxyl groups is 1. The molecule has 0 saturated heterocycles. The van der Waals surface area contributed by atoms with Crippen molar-refractivity contribution in [2.45, 2.75) is 19.1 Å². The summed E-state index contributed by atoms with van der Waals surface area (Å²) in [6, 6.07) is 3.19. The van der Waals surface area contributed by atoms with E-state index in [-0.39, 0.29) is 18.0 Å². The summed E-state index contributed by atoms with van der Waals surface area (Å²) in [4.78, 5) is 15.8. The van der Waals surface area contributed by atoms with E-state index in [0.29, 0.717) is 21.3 Å². The largest absolute Gasteiger partial charge is 0.494 e. The third-order valence-corrected chi connectivity index (χ3v) is 3.56. The first kappa shape index (κ1) is 16.8. The van der Waals surface area contributed by atoms with E-state index in [9.17, 15) is 23.1 Å². The summed E-state index contributed by atoms with van der Waals surface area (Å²) in [5, 5.41) is 14.5. The molecule has 3 aromatic heterocycles. The molecule has 0 aliphatic rings. The SMILES string of the molecule is COC(=O)Cc1c2ncccc2c(O)n1-c1cnn(CC(F)(F)F)c1. The third kappa shape index (κ3) is 3.28. The number of pyridine rings is 1. The molecule has 3 aromatic rings. The molecule has 0 aliphatic heterocycles. The van der Waals surface area contributed by atoms with E-state index in [1.54, 1.807) is 12.1 Å². The van der Waals surface area contributed by atoms with E-state index in [4.69, 9.17) is 0 Å². The first-order valence-corrected chi connectivity index (χ1v) is 7.14. The van der Waals surface area contributed by atoms with Crippen molar-refractivity contribution in [3.8, 4) is 11.6 Å². The number of fused-ring (bicyclic) bond motifs is 1. The van der Waals surface area contributed by atoms with Gasteiger partial charge in [-0.2, -0.15) is 18.3 Å². The van der Waals surface area contributed by atoms with Crippen LogP contribution in [0.1, 0.15) is 5.69 Å². The molecule has 0 fully saturated rings. The van der Waals surface area contributed by atoms with Gasteiger partial charge in [0.05, 0.1) is 42.0 Å². The second-order valence-electron chi connectivity index (χ2n) is 5.27. The lowest BCUT2D eigenvalue weighted by atomic mass is 10.2. The Kier molecular flexibility index (Phi) is 4.11. The normalized spacial score (nSPS) is 11.8. The number of methoxy groups -OCH3 is 1. The molecule has 7 nitrogen and oxygen atoms in total. The molecular formula is C15H13F3N4O3. The molecule has 0 aromatic carbocycles. The van der Waals surface area contributed by atoms with Crippen LogP contribution in [0.5, 0.6) is 5.88 Å². The maximum absolute atomic E-state index is 12.5. The van der Waals surface area contributed by atoms with Crippen LogP contribution in [-0.2, 0) is 22.5 Å². The van der Waals surface area contributed by atoms with E-state index in [1.807, 2.05) is 0 Å². The van der Waals surface area contributed by atoms with E-state index in [0.717, 1.165) is 6.20 Å². The maximum atomic E-state index is 12.5. The zero-order valence-electron chi connectivity index (χ0n) is 13.0. The molecule has 0 bridgehead atoms. The standard InChI is InChI=1S/C15H13F3N4O3/c1-25-12(23)5-11-13-10(3-2-4-19-13)14(24)22(11)9-6-20-21(7-9)8-15(16,17)18/h2-4,6-7,24H,5,8H2,1H3. The van der Waals surface area contributed by atoms with Gasteiger partial charge < -0.3 is 9.84 Å². The van der Waals surface area contributed by atoms with Crippen LogP contribution in [0.4, 0.5) is 13.2 Å².